The zero-order valence-electron chi connectivity index (χ0n) is 12.1. The largest absolute Gasteiger partial charge is 0.307 e. The maximum Gasteiger partial charge on any atom is 0.216 e. The average Bonchev–Trinajstić information content (AvgIpc) is 2.98. The molecule has 0 bridgehead atoms. The van der Waals surface area contributed by atoms with Crippen molar-refractivity contribution >= 4 is 12.4 Å². The molecule has 0 amide bonds. The molecule has 2 aromatic heterocycles. The molecule has 0 saturated heterocycles. The Bertz CT molecular complexity index is 567. The molecule has 2 aromatic rings. The van der Waals surface area contributed by atoms with Crippen molar-refractivity contribution < 1.29 is 8.78 Å². The Morgan fingerprint density at radius 3 is 2.67 bits per heavy atom. The number of nitrogens with zero attached hydrogens (tertiary/aromatic N) is 4. The number of aryl methyl sites for hydroxylation is 3. The van der Waals surface area contributed by atoms with E-state index >= 15 is 0 Å². The molecule has 2 rings (SSSR count). The summed E-state index contributed by atoms with van der Waals surface area (Å²) in [6.45, 7) is 4.84. The van der Waals surface area contributed by atoms with Gasteiger partial charge in [-0.3, -0.25) is 4.68 Å². The SMILES string of the molecule is CCn1nc(C)c(CNCc2ccnn2CCF)c1F.Cl. The minimum atomic E-state index is -0.453. The van der Waals surface area contributed by atoms with Crippen LogP contribution in [0, 0.1) is 12.9 Å². The summed E-state index contributed by atoms with van der Waals surface area (Å²) in [6, 6.07) is 1.82. The molecule has 2 heterocycles. The molecule has 0 fully saturated rings. The summed E-state index contributed by atoms with van der Waals surface area (Å²) in [4.78, 5) is 0. The molecule has 0 aliphatic heterocycles. The fourth-order valence-electron chi connectivity index (χ4n) is 2.11. The first kappa shape index (κ1) is 17.6. The van der Waals surface area contributed by atoms with E-state index < -0.39 is 6.67 Å². The predicted molar refractivity (Wildman–Crippen MR) is 78.6 cm³/mol. The maximum atomic E-state index is 14.0. The topological polar surface area (TPSA) is 47.7 Å². The van der Waals surface area contributed by atoms with Gasteiger partial charge in [0.2, 0.25) is 5.95 Å². The van der Waals surface area contributed by atoms with Crippen LogP contribution in [0.2, 0.25) is 0 Å². The van der Waals surface area contributed by atoms with Gasteiger partial charge in [-0.15, -0.1) is 12.4 Å². The monoisotopic (exact) mass is 319 g/mol. The molecular weight excluding hydrogens is 300 g/mol. The van der Waals surface area contributed by atoms with Crippen molar-refractivity contribution in [1.82, 2.24) is 24.9 Å². The van der Waals surface area contributed by atoms with Crippen LogP contribution in [0.4, 0.5) is 8.78 Å². The van der Waals surface area contributed by atoms with E-state index in [4.69, 9.17) is 0 Å². The molecule has 0 radical (unpaired) electrons. The summed E-state index contributed by atoms with van der Waals surface area (Å²) < 4.78 is 29.2. The van der Waals surface area contributed by atoms with Gasteiger partial charge in [0.25, 0.3) is 0 Å². The molecule has 0 atom stereocenters. The third kappa shape index (κ3) is 4.01. The van der Waals surface area contributed by atoms with E-state index in [-0.39, 0.29) is 24.9 Å². The van der Waals surface area contributed by atoms with Gasteiger partial charge in [0.15, 0.2) is 0 Å². The third-order valence-corrected chi connectivity index (χ3v) is 3.19. The van der Waals surface area contributed by atoms with Crippen LogP contribution in [-0.4, -0.2) is 26.2 Å². The molecule has 8 heteroatoms. The predicted octanol–water partition coefficient (Wildman–Crippen LogP) is 2.23. The molecule has 5 nitrogen and oxygen atoms in total. The quantitative estimate of drug-likeness (QED) is 0.851. The van der Waals surface area contributed by atoms with Crippen molar-refractivity contribution in [2.45, 2.75) is 40.0 Å². The average molecular weight is 320 g/mol. The number of hydrogen-bond donors (Lipinski definition) is 1. The fourth-order valence-corrected chi connectivity index (χ4v) is 2.11. The van der Waals surface area contributed by atoms with Crippen molar-refractivity contribution in [3.8, 4) is 0 Å². The van der Waals surface area contributed by atoms with Gasteiger partial charge >= 0.3 is 0 Å². The molecule has 0 aliphatic carbocycles. The van der Waals surface area contributed by atoms with Gasteiger partial charge in [-0.05, 0) is 19.9 Å². The Hall–Kier alpha value is -1.47. The molecule has 0 aromatic carbocycles. The lowest BCUT2D eigenvalue weighted by molar-refractivity contribution is 0.416. The van der Waals surface area contributed by atoms with Crippen LogP contribution in [0.15, 0.2) is 12.3 Å². The number of alkyl halides is 1. The Morgan fingerprint density at radius 2 is 2.05 bits per heavy atom. The van der Waals surface area contributed by atoms with Gasteiger partial charge < -0.3 is 5.32 Å². The van der Waals surface area contributed by atoms with Crippen LogP contribution in [0.1, 0.15) is 23.9 Å². The summed E-state index contributed by atoms with van der Waals surface area (Å²) in [7, 11) is 0. The van der Waals surface area contributed by atoms with Gasteiger partial charge in [-0.2, -0.15) is 14.6 Å². The number of hydrogen-bond acceptors (Lipinski definition) is 3. The Labute approximate surface area is 128 Å². The van der Waals surface area contributed by atoms with E-state index in [1.54, 1.807) is 17.8 Å². The van der Waals surface area contributed by atoms with Crippen molar-refractivity contribution in [1.29, 1.82) is 0 Å². The van der Waals surface area contributed by atoms with Crippen molar-refractivity contribution in [3.05, 3.63) is 35.2 Å². The molecular formula is C13H20ClF2N5. The van der Waals surface area contributed by atoms with Crippen molar-refractivity contribution in [2.24, 2.45) is 0 Å². The first-order valence-corrected chi connectivity index (χ1v) is 6.66. The van der Waals surface area contributed by atoms with Crippen LogP contribution < -0.4 is 5.32 Å². The molecule has 0 unspecified atom stereocenters. The summed E-state index contributed by atoms with van der Waals surface area (Å²) >= 11 is 0. The highest BCUT2D eigenvalue weighted by Crippen LogP contribution is 2.12. The maximum absolute atomic E-state index is 14.0. The zero-order valence-corrected chi connectivity index (χ0v) is 13.0. The highest BCUT2D eigenvalue weighted by Gasteiger charge is 2.13. The first-order chi connectivity index (χ1) is 9.67. The van der Waals surface area contributed by atoms with Crippen molar-refractivity contribution in [2.75, 3.05) is 6.67 Å². The lowest BCUT2D eigenvalue weighted by atomic mass is 10.2. The standard InChI is InChI=1S/C13H19F2N5.ClH/c1-3-19-13(15)12(10(2)18-19)9-16-8-11-4-6-17-20(11)7-5-14;/h4,6,16H,3,5,7-9H2,1-2H3;1H. The van der Waals surface area contributed by atoms with Gasteiger partial charge in [0.05, 0.1) is 17.9 Å². The fraction of sp³-hybridized carbons (Fsp3) is 0.538. The summed E-state index contributed by atoms with van der Waals surface area (Å²) in [5.74, 6) is -0.297. The normalized spacial score (nSPS) is 10.7. The second kappa shape index (κ2) is 8.09. The minimum Gasteiger partial charge on any atom is -0.307 e. The highest BCUT2D eigenvalue weighted by atomic mass is 35.5. The van der Waals surface area contributed by atoms with Gasteiger partial charge in [-0.25, -0.2) is 9.07 Å². The third-order valence-electron chi connectivity index (χ3n) is 3.19. The summed E-state index contributed by atoms with van der Waals surface area (Å²) in [5, 5.41) is 11.3. The molecule has 0 saturated carbocycles. The van der Waals surface area contributed by atoms with Crippen molar-refractivity contribution in [3.63, 3.8) is 0 Å². The van der Waals surface area contributed by atoms with E-state index in [0.29, 0.717) is 30.9 Å². The zero-order chi connectivity index (χ0) is 14.5. The van der Waals surface area contributed by atoms with Crippen LogP contribution in [-0.2, 0) is 26.2 Å². The first-order valence-electron chi connectivity index (χ1n) is 6.66. The smallest absolute Gasteiger partial charge is 0.216 e. The van der Waals surface area contributed by atoms with Gasteiger partial charge in [0.1, 0.15) is 6.67 Å². The number of aromatic nitrogens is 4. The number of rotatable bonds is 7. The molecule has 1 N–H and O–H groups in total. The number of nitrogens with one attached hydrogen (secondary N) is 1. The van der Waals surface area contributed by atoms with E-state index in [1.807, 2.05) is 13.0 Å². The lowest BCUT2D eigenvalue weighted by Gasteiger charge is -2.07. The molecule has 0 spiro atoms. The molecule has 118 valence electrons. The summed E-state index contributed by atoms with van der Waals surface area (Å²) in [6.07, 6.45) is 1.63. The second-order valence-electron chi connectivity index (χ2n) is 4.51. The van der Waals surface area contributed by atoms with Gasteiger partial charge in [0, 0.05) is 31.4 Å². The van der Waals surface area contributed by atoms with Crippen LogP contribution >= 0.6 is 12.4 Å². The summed E-state index contributed by atoms with van der Waals surface area (Å²) in [5.41, 5.74) is 2.14. The van der Waals surface area contributed by atoms with Crippen LogP contribution in [0.25, 0.3) is 0 Å². The molecule has 0 aliphatic rings. The Morgan fingerprint density at radius 1 is 1.29 bits per heavy atom. The van der Waals surface area contributed by atoms with Crippen LogP contribution in [0.5, 0.6) is 0 Å². The van der Waals surface area contributed by atoms with E-state index in [9.17, 15) is 8.78 Å². The Kier molecular flexibility index (Phi) is 6.77. The van der Waals surface area contributed by atoms with Crippen LogP contribution in [0.3, 0.4) is 0 Å². The number of halogens is 3. The van der Waals surface area contributed by atoms with Gasteiger partial charge in [-0.1, -0.05) is 0 Å². The van der Waals surface area contributed by atoms with E-state index in [2.05, 4.69) is 15.5 Å². The molecule has 21 heavy (non-hydrogen) atoms. The lowest BCUT2D eigenvalue weighted by Crippen LogP contribution is -2.18. The highest BCUT2D eigenvalue weighted by molar-refractivity contribution is 5.85. The minimum absolute atomic E-state index is 0. The van der Waals surface area contributed by atoms with E-state index in [0.717, 1.165) is 5.69 Å². The van der Waals surface area contributed by atoms with E-state index in [1.165, 1.54) is 4.68 Å². The second-order valence-corrected chi connectivity index (χ2v) is 4.51. The Balaban J connectivity index is 0.00000220.